The summed E-state index contributed by atoms with van der Waals surface area (Å²) in [6, 6.07) is 9.64. The zero-order valence-electron chi connectivity index (χ0n) is 13.2. The third-order valence-corrected chi connectivity index (χ3v) is 4.46. The second kappa shape index (κ2) is 6.93. The molecule has 0 radical (unpaired) electrons. The van der Waals surface area contributed by atoms with E-state index in [1.807, 2.05) is 12.1 Å². The van der Waals surface area contributed by atoms with E-state index in [-0.39, 0.29) is 11.5 Å². The third kappa shape index (κ3) is 3.78. The van der Waals surface area contributed by atoms with Crippen molar-refractivity contribution in [3.63, 3.8) is 0 Å². The number of nitrogens with two attached hydrogens (primary N) is 2. The van der Waals surface area contributed by atoms with Gasteiger partial charge in [0.25, 0.3) is 0 Å². The molecular formula is C17H23N5O. The molecule has 1 aliphatic heterocycles. The number of benzene rings is 1. The van der Waals surface area contributed by atoms with E-state index in [1.54, 1.807) is 12.3 Å². The summed E-state index contributed by atoms with van der Waals surface area (Å²) in [5.74, 6) is 0.895. The summed E-state index contributed by atoms with van der Waals surface area (Å²) in [6.07, 6.45) is 3.87. The smallest absolute Gasteiger partial charge is 0.354 e. The van der Waals surface area contributed by atoms with Crippen molar-refractivity contribution in [1.82, 2.24) is 14.5 Å². The summed E-state index contributed by atoms with van der Waals surface area (Å²) in [4.78, 5) is 18.1. The maximum absolute atomic E-state index is 11.8. The number of aromatic nitrogens is 2. The van der Waals surface area contributed by atoms with Gasteiger partial charge in [-0.3, -0.25) is 4.57 Å². The van der Waals surface area contributed by atoms with E-state index in [4.69, 9.17) is 11.5 Å². The van der Waals surface area contributed by atoms with Crippen molar-refractivity contribution in [3.05, 3.63) is 52.6 Å². The van der Waals surface area contributed by atoms with Crippen LogP contribution in [0.4, 0.5) is 5.82 Å². The fraction of sp³-hybridized carbons (Fsp3) is 0.412. The molecule has 0 aliphatic carbocycles. The Balaban J connectivity index is 1.62. The molecule has 1 aromatic carbocycles. The fourth-order valence-electron chi connectivity index (χ4n) is 3.03. The van der Waals surface area contributed by atoms with Crippen molar-refractivity contribution in [2.24, 2.45) is 11.7 Å². The second-order valence-electron chi connectivity index (χ2n) is 6.11. The SMILES string of the molecule is NC[C@H]1CCN(CCc2ccc(-n3ccc(N)nc3=O)cc2)C1. The topological polar surface area (TPSA) is 90.2 Å². The third-order valence-electron chi connectivity index (χ3n) is 4.46. The molecule has 3 rings (SSSR count). The predicted molar refractivity (Wildman–Crippen MR) is 91.6 cm³/mol. The second-order valence-corrected chi connectivity index (χ2v) is 6.11. The number of nitrogens with zero attached hydrogens (tertiary/aromatic N) is 3. The zero-order valence-corrected chi connectivity index (χ0v) is 13.2. The van der Waals surface area contributed by atoms with Crippen LogP contribution in [0.5, 0.6) is 0 Å². The van der Waals surface area contributed by atoms with E-state index in [1.165, 1.54) is 16.6 Å². The number of anilines is 1. The minimum absolute atomic E-state index is 0.240. The summed E-state index contributed by atoms with van der Waals surface area (Å²) in [7, 11) is 0. The van der Waals surface area contributed by atoms with Gasteiger partial charge in [-0.05, 0) is 55.6 Å². The minimum atomic E-state index is -0.359. The number of hydrogen-bond donors (Lipinski definition) is 2. The monoisotopic (exact) mass is 313 g/mol. The molecule has 1 fully saturated rings. The molecule has 0 saturated carbocycles. The van der Waals surface area contributed by atoms with Gasteiger partial charge in [0.05, 0.1) is 5.69 Å². The van der Waals surface area contributed by atoms with Gasteiger partial charge in [0.2, 0.25) is 0 Å². The highest BCUT2D eigenvalue weighted by Crippen LogP contribution is 2.16. The first kappa shape index (κ1) is 15.7. The highest BCUT2D eigenvalue weighted by atomic mass is 16.1. The predicted octanol–water partition coefficient (Wildman–Crippen LogP) is 0.638. The lowest BCUT2D eigenvalue weighted by molar-refractivity contribution is 0.329. The molecule has 1 atom stereocenters. The van der Waals surface area contributed by atoms with E-state index < -0.39 is 0 Å². The average molecular weight is 313 g/mol. The average Bonchev–Trinajstić information content (AvgIpc) is 3.02. The molecule has 1 aliphatic rings. The van der Waals surface area contributed by atoms with E-state index in [9.17, 15) is 4.79 Å². The van der Waals surface area contributed by atoms with Crippen LogP contribution in [0.25, 0.3) is 5.69 Å². The van der Waals surface area contributed by atoms with Crippen molar-refractivity contribution in [2.75, 3.05) is 31.9 Å². The molecule has 1 saturated heterocycles. The first-order valence-corrected chi connectivity index (χ1v) is 8.02. The first-order chi connectivity index (χ1) is 11.2. The Kier molecular flexibility index (Phi) is 4.73. The van der Waals surface area contributed by atoms with Gasteiger partial charge in [0, 0.05) is 19.3 Å². The van der Waals surface area contributed by atoms with Crippen LogP contribution in [0.2, 0.25) is 0 Å². The highest BCUT2D eigenvalue weighted by molar-refractivity contribution is 5.36. The van der Waals surface area contributed by atoms with Crippen LogP contribution in [0.1, 0.15) is 12.0 Å². The maximum Gasteiger partial charge on any atom is 0.354 e. The molecule has 0 unspecified atom stereocenters. The van der Waals surface area contributed by atoms with Gasteiger partial charge in [-0.15, -0.1) is 0 Å². The lowest BCUT2D eigenvalue weighted by atomic mass is 10.1. The molecule has 1 aromatic heterocycles. The quantitative estimate of drug-likeness (QED) is 0.845. The molecular weight excluding hydrogens is 290 g/mol. The first-order valence-electron chi connectivity index (χ1n) is 8.02. The van der Waals surface area contributed by atoms with Crippen molar-refractivity contribution >= 4 is 5.82 Å². The Morgan fingerprint density at radius 3 is 2.65 bits per heavy atom. The largest absolute Gasteiger partial charge is 0.383 e. The van der Waals surface area contributed by atoms with Gasteiger partial charge in [-0.2, -0.15) is 4.98 Å². The maximum atomic E-state index is 11.8. The molecule has 0 amide bonds. The van der Waals surface area contributed by atoms with Crippen LogP contribution in [-0.4, -0.2) is 40.6 Å². The van der Waals surface area contributed by atoms with Crippen molar-refractivity contribution in [2.45, 2.75) is 12.8 Å². The van der Waals surface area contributed by atoms with Crippen LogP contribution < -0.4 is 17.2 Å². The Morgan fingerprint density at radius 2 is 2.00 bits per heavy atom. The van der Waals surface area contributed by atoms with Crippen molar-refractivity contribution < 1.29 is 0 Å². The Morgan fingerprint density at radius 1 is 1.22 bits per heavy atom. The zero-order chi connectivity index (χ0) is 16.2. The van der Waals surface area contributed by atoms with Gasteiger partial charge in [0.15, 0.2) is 0 Å². The molecule has 4 N–H and O–H groups in total. The van der Waals surface area contributed by atoms with E-state index in [0.29, 0.717) is 5.92 Å². The van der Waals surface area contributed by atoms with Crippen LogP contribution in [0.15, 0.2) is 41.3 Å². The Hall–Kier alpha value is -2.18. The minimum Gasteiger partial charge on any atom is -0.383 e. The molecule has 2 heterocycles. The number of nitrogen functional groups attached to an aromatic ring is 1. The van der Waals surface area contributed by atoms with Gasteiger partial charge in [0.1, 0.15) is 5.82 Å². The Bertz CT molecular complexity index is 710. The van der Waals surface area contributed by atoms with Crippen LogP contribution in [0, 0.1) is 5.92 Å². The summed E-state index contributed by atoms with van der Waals surface area (Å²) >= 11 is 0. The number of likely N-dealkylation sites (tertiary alicyclic amines) is 1. The molecule has 0 bridgehead atoms. The van der Waals surface area contributed by atoms with Crippen molar-refractivity contribution in [3.8, 4) is 5.69 Å². The van der Waals surface area contributed by atoms with Gasteiger partial charge in [-0.1, -0.05) is 12.1 Å². The number of hydrogen-bond acceptors (Lipinski definition) is 5. The molecule has 6 nitrogen and oxygen atoms in total. The van der Waals surface area contributed by atoms with Gasteiger partial charge < -0.3 is 16.4 Å². The standard InChI is InChI=1S/C17H23N5O/c18-11-14-6-9-21(12-14)8-5-13-1-3-15(4-2-13)22-10-7-16(19)20-17(22)23/h1-4,7,10,14H,5-6,8-9,11-12,18H2,(H2,19,20,23)/t14-/m1/s1. The normalized spacial score (nSPS) is 18.4. The number of rotatable bonds is 5. The van der Waals surface area contributed by atoms with E-state index in [0.717, 1.165) is 38.3 Å². The molecule has 2 aromatic rings. The van der Waals surface area contributed by atoms with Crippen LogP contribution in [0.3, 0.4) is 0 Å². The summed E-state index contributed by atoms with van der Waals surface area (Å²) in [5.41, 5.74) is 12.9. The summed E-state index contributed by atoms with van der Waals surface area (Å²) < 4.78 is 1.49. The lowest BCUT2D eigenvalue weighted by Crippen LogP contribution is -2.25. The highest BCUT2D eigenvalue weighted by Gasteiger charge is 2.20. The van der Waals surface area contributed by atoms with E-state index in [2.05, 4.69) is 22.0 Å². The molecule has 122 valence electrons. The van der Waals surface area contributed by atoms with Gasteiger partial charge >= 0.3 is 5.69 Å². The van der Waals surface area contributed by atoms with Crippen LogP contribution >= 0.6 is 0 Å². The van der Waals surface area contributed by atoms with Crippen LogP contribution in [-0.2, 0) is 6.42 Å². The Labute approximate surface area is 135 Å². The summed E-state index contributed by atoms with van der Waals surface area (Å²) in [6.45, 7) is 4.10. The molecule has 6 heteroatoms. The fourth-order valence-corrected chi connectivity index (χ4v) is 3.03. The molecule has 0 spiro atoms. The van der Waals surface area contributed by atoms with E-state index >= 15 is 0 Å². The van der Waals surface area contributed by atoms with Crippen molar-refractivity contribution in [1.29, 1.82) is 0 Å². The summed E-state index contributed by atoms with van der Waals surface area (Å²) in [5, 5.41) is 0. The molecule has 23 heavy (non-hydrogen) atoms. The lowest BCUT2D eigenvalue weighted by Gasteiger charge is -2.15. The van der Waals surface area contributed by atoms with Gasteiger partial charge in [-0.25, -0.2) is 4.79 Å².